The molecular formula is C31H49N9O5S. The topological polar surface area (TPSA) is 175 Å². The number of carbonyl (C=O) groups excluding carboxylic acids is 3. The van der Waals surface area contributed by atoms with Crippen LogP contribution in [0.25, 0.3) is 0 Å². The summed E-state index contributed by atoms with van der Waals surface area (Å²) in [7, 11) is 3.95. The number of nitrogens with zero attached hydrogens (tertiary/aromatic N) is 4. The molecule has 2 aliphatic heterocycles. The molecule has 6 N–H and O–H groups in total. The summed E-state index contributed by atoms with van der Waals surface area (Å²) in [5.41, 5.74) is 1.70. The molecule has 0 spiro atoms. The molecule has 4 rings (SSSR count). The Morgan fingerprint density at radius 3 is 2.76 bits per heavy atom. The predicted octanol–water partition coefficient (Wildman–Crippen LogP) is 1.25. The highest BCUT2D eigenvalue weighted by Gasteiger charge is 2.51. The van der Waals surface area contributed by atoms with E-state index in [1.807, 2.05) is 44.2 Å². The second-order valence-corrected chi connectivity index (χ2v) is 13.6. The van der Waals surface area contributed by atoms with Gasteiger partial charge in [-0.3, -0.25) is 4.79 Å². The van der Waals surface area contributed by atoms with Gasteiger partial charge in [-0.05, 0) is 58.0 Å². The SMILES string of the molecule is CN(C)[C@H](CNC(=O)NCCc1cn(CCOCCNC(=O)CCCC[C@H]2SC[C@]3(C)NC(=O)N[C@H]23)nn1)Cc1ccc(O)cc1. The largest absolute Gasteiger partial charge is 0.508 e. The van der Waals surface area contributed by atoms with Gasteiger partial charge in [0.2, 0.25) is 5.91 Å². The van der Waals surface area contributed by atoms with Crippen molar-refractivity contribution in [1.82, 2.24) is 46.5 Å². The lowest BCUT2D eigenvalue weighted by Gasteiger charge is -2.25. The molecule has 14 nitrogen and oxygen atoms in total. The fraction of sp³-hybridized carbons (Fsp3) is 0.645. The second-order valence-electron chi connectivity index (χ2n) is 12.4. The quantitative estimate of drug-likeness (QED) is 0.0958. The van der Waals surface area contributed by atoms with Crippen molar-refractivity contribution in [1.29, 1.82) is 0 Å². The van der Waals surface area contributed by atoms with Gasteiger partial charge in [0.05, 0.1) is 37.0 Å². The van der Waals surface area contributed by atoms with E-state index in [2.05, 4.69) is 48.7 Å². The summed E-state index contributed by atoms with van der Waals surface area (Å²) in [5.74, 6) is 1.18. The molecule has 2 aliphatic rings. The summed E-state index contributed by atoms with van der Waals surface area (Å²) in [4.78, 5) is 38.2. The number of fused-ring (bicyclic) bond motifs is 1. The maximum atomic E-state index is 12.3. The summed E-state index contributed by atoms with van der Waals surface area (Å²) in [6.07, 6.45) is 6.39. The van der Waals surface area contributed by atoms with Gasteiger partial charge >= 0.3 is 12.1 Å². The first-order valence-corrected chi connectivity index (χ1v) is 17.1. The Bertz CT molecular complexity index is 1280. The molecule has 5 amide bonds. The van der Waals surface area contributed by atoms with Crippen LogP contribution in [0.2, 0.25) is 0 Å². The number of phenols is 1. The van der Waals surface area contributed by atoms with Gasteiger partial charge in [-0.1, -0.05) is 23.8 Å². The predicted molar refractivity (Wildman–Crippen MR) is 177 cm³/mol. The molecular weight excluding hydrogens is 610 g/mol. The van der Waals surface area contributed by atoms with Gasteiger partial charge in [-0.2, -0.15) is 11.8 Å². The Labute approximate surface area is 275 Å². The number of aromatic nitrogens is 3. The fourth-order valence-electron chi connectivity index (χ4n) is 5.65. The normalized spacial score (nSPS) is 21.0. The third kappa shape index (κ3) is 11.1. The van der Waals surface area contributed by atoms with Crippen molar-refractivity contribution in [2.45, 2.75) is 74.9 Å². The van der Waals surface area contributed by atoms with Crippen molar-refractivity contribution in [3.63, 3.8) is 0 Å². The van der Waals surface area contributed by atoms with Gasteiger partial charge in [-0.25, -0.2) is 14.3 Å². The van der Waals surface area contributed by atoms with Crippen molar-refractivity contribution < 1.29 is 24.2 Å². The monoisotopic (exact) mass is 659 g/mol. The highest BCUT2D eigenvalue weighted by Crippen LogP contribution is 2.39. The number of hydrogen-bond acceptors (Lipinski definition) is 9. The Hall–Kier alpha value is -3.56. The van der Waals surface area contributed by atoms with E-state index in [4.69, 9.17) is 4.74 Å². The van der Waals surface area contributed by atoms with Gasteiger partial charge in [0, 0.05) is 55.7 Å². The van der Waals surface area contributed by atoms with Crippen LogP contribution in [-0.2, 0) is 28.9 Å². The lowest BCUT2D eigenvalue weighted by molar-refractivity contribution is -0.121. The molecule has 46 heavy (non-hydrogen) atoms. The molecule has 254 valence electrons. The van der Waals surface area contributed by atoms with Crippen molar-refractivity contribution in [3.8, 4) is 5.75 Å². The number of benzene rings is 1. The summed E-state index contributed by atoms with van der Waals surface area (Å²) in [5, 5.41) is 32.9. The Morgan fingerprint density at radius 1 is 1.17 bits per heavy atom. The van der Waals surface area contributed by atoms with E-state index in [-0.39, 0.29) is 41.3 Å². The Kier molecular flexibility index (Phi) is 13.3. The zero-order valence-electron chi connectivity index (χ0n) is 27.1. The molecule has 1 aromatic carbocycles. The highest BCUT2D eigenvalue weighted by atomic mass is 32.2. The first-order valence-electron chi connectivity index (χ1n) is 16.0. The van der Waals surface area contributed by atoms with E-state index in [1.165, 1.54) is 0 Å². The van der Waals surface area contributed by atoms with Gasteiger partial charge in [0.15, 0.2) is 0 Å². The molecule has 0 bridgehead atoms. The maximum Gasteiger partial charge on any atom is 0.315 e. The smallest absolute Gasteiger partial charge is 0.315 e. The van der Waals surface area contributed by atoms with Crippen LogP contribution < -0.4 is 26.6 Å². The molecule has 15 heteroatoms. The number of ether oxygens (including phenoxy) is 1. The Morgan fingerprint density at radius 2 is 1.98 bits per heavy atom. The molecule has 2 saturated heterocycles. The molecule has 3 heterocycles. The van der Waals surface area contributed by atoms with Gasteiger partial charge in [0.1, 0.15) is 5.75 Å². The van der Waals surface area contributed by atoms with Crippen LogP contribution in [0.5, 0.6) is 5.75 Å². The van der Waals surface area contributed by atoms with Crippen molar-refractivity contribution in [2.24, 2.45) is 0 Å². The molecule has 0 saturated carbocycles. The van der Waals surface area contributed by atoms with E-state index in [9.17, 15) is 19.5 Å². The Balaban J connectivity index is 0.986. The van der Waals surface area contributed by atoms with Crippen LogP contribution in [0.4, 0.5) is 9.59 Å². The third-order valence-corrected chi connectivity index (χ3v) is 10.1. The number of unbranched alkanes of at least 4 members (excludes halogenated alkanes) is 1. The van der Waals surface area contributed by atoms with Crippen LogP contribution in [0, 0.1) is 0 Å². The molecule has 2 fully saturated rings. The summed E-state index contributed by atoms with van der Waals surface area (Å²) in [6, 6.07) is 7.06. The number of rotatable bonds is 19. The number of thioether (sulfide) groups is 1. The second kappa shape index (κ2) is 17.4. The van der Waals surface area contributed by atoms with Crippen molar-refractivity contribution >= 4 is 29.7 Å². The number of urea groups is 2. The van der Waals surface area contributed by atoms with Crippen LogP contribution in [-0.4, -0.2) is 119 Å². The van der Waals surface area contributed by atoms with Crippen LogP contribution in [0.1, 0.15) is 43.9 Å². The van der Waals surface area contributed by atoms with E-state index in [1.54, 1.807) is 16.8 Å². The van der Waals surface area contributed by atoms with Crippen molar-refractivity contribution in [2.75, 3.05) is 52.7 Å². The number of likely N-dealkylation sites (N-methyl/N-ethyl adjacent to an activating group) is 1. The van der Waals surface area contributed by atoms with Gasteiger partial charge in [0.25, 0.3) is 0 Å². The summed E-state index contributed by atoms with van der Waals surface area (Å²) >= 11 is 1.89. The minimum atomic E-state index is -0.237. The lowest BCUT2D eigenvalue weighted by Crippen LogP contribution is -2.47. The zero-order chi connectivity index (χ0) is 32.9. The van der Waals surface area contributed by atoms with Crippen molar-refractivity contribution in [3.05, 3.63) is 41.7 Å². The zero-order valence-corrected chi connectivity index (χ0v) is 27.9. The molecule has 0 radical (unpaired) electrons. The summed E-state index contributed by atoms with van der Waals surface area (Å²) < 4.78 is 7.35. The lowest BCUT2D eigenvalue weighted by atomic mass is 9.92. The van der Waals surface area contributed by atoms with Gasteiger partial charge in [-0.15, -0.1) is 5.10 Å². The minimum Gasteiger partial charge on any atom is -0.508 e. The molecule has 1 aromatic heterocycles. The molecule has 2 aromatic rings. The van der Waals surface area contributed by atoms with Crippen LogP contribution in [0.3, 0.4) is 0 Å². The highest BCUT2D eigenvalue weighted by molar-refractivity contribution is 8.00. The number of nitrogens with one attached hydrogen (secondary N) is 5. The summed E-state index contributed by atoms with van der Waals surface area (Å²) in [6.45, 7) is 4.87. The first-order chi connectivity index (χ1) is 22.1. The van der Waals surface area contributed by atoms with E-state index in [0.29, 0.717) is 57.5 Å². The molecule has 4 atom stereocenters. The van der Waals surface area contributed by atoms with Gasteiger partial charge < -0.3 is 41.3 Å². The number of phenolic OH excluding ortho intramolecular Hbond substituents is 1. The van der Waals surface area contributed by atoms with E-state index in [0.717, 1.165) is 42.7 Å². The van der Waals surface area contributed by atoms with E-state index < -0.39 is 0 Å². The number of aromatic hydroxyl groups is 1. The number of amides is 5. The maximum absolute atomic E-state index is 12.3. The van der Waals surface area contributed by atoms with Crippen LogP contribution >= 0.6 is 11.8 Å². The standard InChI is InChI=1S/C31H49N9O5S/c1-31-21-46-26(28(31)35-30(44)36-31)6-4-5-7-27(42)32-14-16-45-17-15-40-20-23(37-38-40)12-13-33-29(43)34-19-24(39(2)3)18-22-8-10-25(41)11-9-22/h8-11,20,24,26,28,41H,4-7,12-19,21H2,1-3H3,(H,32,42)(H2,33,34,43)(H2,35,36,44)/t24-,26+,28+,31-/m0/s1. The fourth-order valence-corrected chi connectivity index (χ4v) is 7.36. The average molecular weight is 660 g/mol. The molecule has 0 aliphatic carbocycles. The number of carbonyl (C=O) groups is 3. The first kappa shape index (κ1) is 35.3. The average Bonchev–Trinajstić information content (AvgIpc) is 3.68. The number of hydrogen-bond donors (Lipinski definition) is 6. The van der Waals surface area contributed by atoms with E-state index >= 15 is 0 Å². The minimum absolute atomic E-state index is 0.0261. The van der Waals surface area contributed by atoms with Crippen LogP contribution in [0.15, 0.2) is 30.5 Å². The molecule has 0 unspecified atom stereocenters. The third-order valence-electron chi connectivity index (χ3n) is 8.41.